The second kappa shape index (κ2) is 6.67. The minimum absolute atomic E-state index is 0.180. The van der Waals surface area contributed by atoms with E-state index in [2.05, 4.69) is 10.3 Å². The van der Waals surface area contributed by atoms with Crippen molar-refractivity contribution < 1.29 is 8.42 Å². The molecular weight excluding hydrogens is 294 g/mol. The molecule has 0 spiro atoms. The van der Waals surface area contributed by atoms with Crippen LogP contribution >= 0.6 is 11.8 Å². The predicted octanol–water partition coefficient (Wildman–Crippen LogP) is 1.83. The second-order valence-corrected chi connectivity index (χ2v) is 8.20. The molecule has 1 fully saturated rings. The van der Waals surface area contributed by atoms with Gasteiger partial charge in [0, 0.05) is 48.3 Å². The molecule has 1 unspecified atom stereocenters. The summed E-state index contributed by atoms with van der Waals surface area (Å²) in [6, 6.07) is 3.81. The summed E-state index contributed by atoms with van der Waals surface area (Å²) in [6.07, 6.45) is 1.73. The molecule has 1 aromatic rings. The molecule has 5 nitrogen and oxygen atoms in total. The van der Waals surface area contributed by atoms with Gasteiger partial charge in [0.15, 0.2) is 9.84 Å². The zero-order chi connectivity index (χ0) is 14.6. The normalized spacial score (nSPS) is 19.9. The summed E-state index contributed by atoms with van der Waals surface area (Å²) in [5.41, 5.74) is 0.929. The van der Waals surface area contributed by atoms with Crippen molar-refractivity contribution in [3.05, 3.63) is 18.3 Å². The van der Waals surface area contributed by atoms with Crippen LogP contribution in [0.5, 0.6) is 0 Å². The number of aromatic nitrogens is 1. The van der Waals surface area contributed by atoms with Crippen molar-refractivity contribution in [2.75, 3.05) is 40.6 Å². The third kappa shape index (κ3) is 3.38. The van der Waals surface area contributed by atoms with E-state index in [0.29, 0.717) is 5.75 Å². The molecule has 0 aliphatic carbocycles. The third-order valence-electron chi connectivity index (χ3n) is 3.33. The highest BCUT2D eigenvalue weighted by molar-refractivity contribution is 8.01. The first-order valence-electron chi connectivity index (χ1n) is 6.84. The molecule has 1 aliphatic heterocycles. The number of thioether (sulfide) groups is 1. The van der Waals surface area contributed by atoms with Gasteiger partial charge in [-0.25, -0.2) is 13.4 Å². The lowest BCUT2D eigenvalue weighted by Gasteiger charge is -2.36. The number of pyridine rings is 1. The highest BCUT2D eigenvalue weighted by Gasteiger charge is 2.33. The van der Waals surface area contributed by atoms with Gasteiger partial charge in [0.1, 0.15) is 11.2 Å². The fourth-order valence-corrected chi connectivity index (χ4v) is 5.23. The minimum Gasteiger partial charge on any atom is -0.370 e. The minimum atomic E-state index is -3.08. The highest BCUT2D eigenvalue weighted by Crippen LogP contribution is 2.28. The number of nitrogens with zero attached hydrogens (tertiary/aromatic N) is 2. The Morgan fingerprint density at radius 3 is 3.00 bits per heavy atom. The molecule has 0 saturated carbocycles. The maximum atomic E-state index is 12.3. The average Bonchev–Trinajstić information content (AvgIpc) is 2.48. The smallest absolute Gasteiger partial charge is 0.171 e. The van der Waals surface area contributed by atoms with Crippen LogP contribution < -0.4 is 10.2 Å². The van der Waals surface area contributed by atoms with Gasteiger partial charge in [-0.05, 0) is 13.0 Å². The van der Waals surface area contributed by atoms with Crippen LogP contribution in [-0.4, -0.2) is 49.1 Å². The lowest BCUT2D eigenvalue weighted by atomic mass is 10.3. The van der Waals surface area contributed by atoms with Crippen LogP contribution in [0.3, 0.4) is 0 Å². The maximum Gasteiger partial charge on any atom is 0.171 e. The van der Waals surface area contributed by atoms with Crippen molar-refractivity contribution in [2.45, 2.75) is 19.2 Å². The van der Waals surface area contributed by atoms with Crippen molar-refractivity contribution >= 4 is 33.1 Å². The van der Waals surface area contributed by atoms with Crippen LogP contribution in [0, 0.1) is 0 Å². The third-order valence-corrected chi connectivity index (χ3v) is 6.62. The van der Waals surface area contributed by atoms with Crippen LogP contribution in [0.4, 0.5) is 11.5 Å². The van der Waals surface area contributed by atoms with Crippen molar-refractivity contribution in [1.29, 1.82) is 0 Å². The van der Waals surface area contributed by atoms with E-state index in [0.717, 1.165) is 30.3 Å². The average molecular weight is 315 g/mol. The first-order valence-corrected chi connectivity index (χ1v) is 9.71. The zero-order valence-corrected chi connectivity index (χ0v) is 13.5. The van der Waals surface area contributed by atoms with E-state index in [9.17, 15) is 8.42 Å². The van der Waals surface area contributed by atoms with E-state index in [1.165, 1.54) is 0 Å². The largest absolute Gasteiger partial charge is 0.370 e. The Morgan fingerprint density at radius 2 is 2.30 bits per heavy atom. The van der Waals surface area contributed by atoms with Gasteiger partial charge in [-0.3, -0.25) is 0 Å². The molecule has 0 aromatic carbocycles. The van der Waals surface area contributed by atoms with Gasteiger partial charge in [-0.2, -0.15) is 11.8 Å². The van der Waals surface area contributed by atoms with Crippen molar-refractivity contribution in [1.82, 2.24) is 4.98 Å². The van der Waals surface area contributed by atoms with Crippen LogP contribution in [-0.2, 0) is 9.84 Å². The molecular formula is C13H21N3O2S2. The maximum absolute atomic E-state index is 12.3. The molecule has 2 rings (SSSR count). The van der Waals surface area contributed by atoms with Gasteiger partial charge in [-0.1, -0.05) is 6.92 Å². The quantitative estimate of drug-likeness (QED) is 0.894. The van der Waals surface area contributed by atoms with E-state index in [-0.39, 0.29) is 5.75 Å². The van der Waals surface area contributed by atoms with Crippen molar-refractivity contribution in [3.63, 3.8) is 0 Å². The van der Waals surface area contributed by atoms with Gasteiger partial charge < -0.3 is 10.2 Å². The molecule has 1 aliphatic rings. The summed E-state index contributed by atoms with van der Waals surface area (Å²) < 4.78 is 24.5. The fourth-order valence-electron chi connectivity index (χ4n) is 2.24. The summed E-state index contributed by atoms with van der Waals surface area (Å²) in [4.78, 5) is 6.24. The summed E-state index contributed by atoms with van der Waals surface area (Å²) >= 11 is 1.71. The van der Waals surface area contributed by atoms with Crippen LogP contribution in [0.2, 0.25) is 0 Å². The Balaban J connectivity index is 2.30. The van der Waals surface area contributed by atoms with Gasteiger partial charge in [-0.15, -0.1) is 0 Å². The number of hydrogen-bond donors (Lipinski definition) is 1. The van der Waals surface area contributed by atoms with E-state index in [1.807, 2.05) is 24.0 Å². The van der Waals surface area contributed by atoms with Gasteiger partial charge in [0.2, 0.25) is 0 Å². The Hall–Kier alpha value is -0.950. The van der Waals surface area contributed by atoms with Gasteiger partial charge in [0.05, 0.1) is 0 Å². The molecule has 7 heteroatoms. The number of sulfone groups is 1. The van der Waals surface area contributed by atoms with Crippen LogP contribution in [0.15, 0.2) is 18.3 Å². The molecule has 1 N–H and O–H groups in total. The van der Waals surface area contributed by atoms with Crippen LogP contribution in [0.1, 0.15) is 13.8 Å². The summed E-state index contributed by atoms with van der Waals surface area (Å²) in [5.74, 6) is 2.56. The number of anilines is 2. The number of hydrogen-bond acceptors (Lipinski definition) is 6. The molecule has 0 bridgehead atoms. The molecule has 0 amide bonds. The monoisotopic (exact) mass is 315 g/mol. The fraction of sp³-hybridized carbons (Fsp3) is 0.615. The zero-order valence-electron chi connectivity index (χ0n) is 11.9. The summed E-state index contributed by atoms with van der Waals surface area (Å²) in [6.45, 7) is 5.27. The topological polar surface area (TPSA) is 62.3 Å². The lowest BCUT2D eigenvalue weighted by molar-refractivity contribution is 0.579. The van der Waals surface area contributed by atoms with E-state index >= 15 is 0 Å². The predicted molar refractivity (Wildman–Crippen MR) is 86.3 cm³/mol. The van der Waals surface area contributed by atoms with Crippen LogP contribution in [0.25, 0.3) is 0 Å². The summed E-state index contributed by atoms with van der Waals surface area (Å²) in [7, 11) is -3.08. The van der Waals surface area contributed by atoms with E-state index in [4.69, 9.17) is 0 Å². The first-order chi connectivity index (χ1) is 9.58. The van der Waals surface area contributed by atoms with Gasteiger partial charge in [0.25, 0.3) is 0 Å². The molecule has 1 atom stereocenters. The molecule has 2 heterocycles. The highest BCUT2D eigenvalue weighted by atomic mass is 32.2. The Kier molecular flexibility index (Phi) is 5.15. The van der Waals surface area contributed by atoms with E-state index in [1.54, 1.807) is 24.9 Å². The standard InChI is InChI=1S/C13H21N3O2S2/c1-3-14-12-9-11(5-6-15-12)16-7-8-19-10-13(16)20(17,18)4-2/h5-6,9,13H,3-4,7-8,10H2,1-2H3,(H,14,15). The van der Waals surface area contributed by atoms with E-state index < -0.39 is 15.2 Å². The number of nitrogens with one attached hydrogen (secondary N) is 1. The molecule has 1 aromatic heterocycles. The van der Waals surface area contributed by atoms with Crippen molar-refractivity contribution in [2.24, 2.45) is 0 Å². The Bertz CT molecular complexity index is 548. The SMILES string of the molecule is CCNc1cc(N2CCSCC2S(=O)(=O)CC)ccn1. The summed E-state index contributed by atoms with van der Waals surface area (Å²) in [5, 5.41) is 2.73. The Labute approximate surface area is 125 Å². The first kappa shape index (κ1) is 15.4. The second-order valence-electron chi connectivity index (χ2n) is 4.60. The number of rotatable bonds is 5. The molecule has 20 heavy (non-hydrogen) atoms. The van der Waals surface area contributed by atoms with Crippen molar-refractivity contribution in [3.8, 4) is 0 Å². The molecule has 112 valence electrons. The Morgan fingerprint density at radius 1 is 1.50 bits per heavy atom. The molecule has 0 radical (unpaired) electrons. The lowest BCUT2D eigenvalue weighted by Crippen LogP contribution is -2.48. The van der Waals surface area contributed by atoms with Gasteiger partial charge >= 0.3 is 0 Å². The molecule has 1 saturated heterocycles.